The molecule has 1 atom stereocenters. The molecule has 0 rings (SSSR count). The van der Waals surface area contributed by atoms with E-state index in [0.29, 0.717) is 13.3 Å². The minimum Gasteiger partial charge on any atom is -0.393 e. The van der Waals surface area contributed by atoms with Gasteiger partial charge in [-0.25, -0.2) is 0 Å². The van der Waals surface area contributed by atoms with Gasteiger partial charge in [-0.15, -0.1) is 0 Å². The second-order valence-electron chi connectivity index (χ2n) is 2.44. The quantitative estimate of drug-likeness (QED) is 0.568. The molecule has 0 aliphatic heterocycles. The largest absolute Gasteiger partial charge is 0.393 e. The van der Waals surface area contributed by atoms with Crippen molar-refractivity contribution in [3.8, 4) is 0 Å². The summed E-state index contributed by atoms with van der Waals surface area (Å²) in [7, 11) is 0. The molecule has 0 heterocycles. The van der Waals surface area contributed by atoms with Crippen LogP contribution >= 0.6 is 0 Å². The predicted molar refractivity (Wildman–Crippen MR) is 40.4 cm³/mol. The summed E-state index contributed by atoms with van der Waals surface area (Å²) >= 11 is 0. The van der Waals surface area contributed by atoms with Crippen LogP contribution in [0.25, 0.3) is 0 Å². The van der Waals surface area contributed by atoms with Crippen LogP contribution in [0.4, 0.5) is 0 Å². The number of hydrogen-bond donors (Lipinski definition) is 1. The Morgan fingerprint density at radius 2 is 2.33 bits per heavy atom. The Kier molecular flexibility index (Phi) is 4.78. The lowest BCUT2D eigenvalue weighted by Crippen LogP contribution is -2.02. The molecular weight excluding hydrogens is 112 g/mol. The Bertz CT molecular complexity index is 66.3. The van der Waals surface area contributed by atoms with E-state index in [-0.39, 0.29) is 6.10 Å². The highest BCUT2D eigenvalue weighted by Gasteiger charge is 1.97. The molecule has 1 unspecified atom stereocenters. The summed E-state index contributed by atoms with van der Waals surface area (Å²) in [5.74, 6) is 0. The number of unbranched alkanes of at least 4 members (excludes halogenated alkanes) is 2. The molecule has 0 aromatic heterocycles. The van der Waals surface area contributed by atoms with E-state index in [1.165, 1.54) is 12.8 Å². The van der Waals surface area contributed by atoms with Gasteiger partial charge in [-0.1, -0.05) is 33.1 Å². The van der Waals surface area contributed by atoms with Crippen molar-refractivity contribution in [3.63, 3.8) is 0 Å². The van der Waals surface area contributed by atoms with Crippen LogP contribution in [-0.2, 0) is 0 Å². The molecule has 1 nitrogen and oxygen atoms in total. The van der Waals surface area contributed by atoms with Crippen LogP contribution in [0.1, 0.15) is 47.3 Å². The summed E-state index contributed by atoms with van der Waals surface area (Å²) in [5, 5.41) is 9.16. The zero-order valence-corrected chi connectivity index (χ0v) is 6.27. The fourth-order valence-corrected chi connectivity index (χ4v) is 0.774. The van der Waals surface area contributed by atoms with Crippen molar-refractivity contribution in [1.82, 2.24) is 0 Å². The molecule has 0 aromatic rings. The molecule has 0 aromatic carbocycles. The van der Waals surface area contributed by atoms with Crippen molar-refractivity contribution in [2.75, 3.05) is 0 Å². The van der Waals surface area contributed by atoms with Crippen molar-refractivity contribution in [3.05, 3.63) is 0 Å². The van der Waals surface area contributed by atoms with E-state index in [2.05, 4.69) is 6.92 Å². The molecule has 0 saturated carbocycles. The molecule has 0 radical (unpaired) electrons. The zero-order valence-electron chi connectivity index (χ0n) is 7.27. The smallest absolute Gasteiger partial charge is 0.0537 e. The second kappa shape index (κ2) is 6.09. The first-order valence-electron chi connectivity index (χ1n) is 4.49. The maximum Gasteiger partial charge on any atom is 0.0537 e. The normalized spacial score (nSPS) is 15.1. The highest BCUT2D eigenvalue weighted by Crippen LogP contribution is 2.04. The van der Waals surface area contributed by atoms with Gasteiger partial charge >= 0.3 is 0 Å². The molecule has 0 aliphatic carbocycles. The third-order valence-electron chi connectivity index (χ3n) is 1.47. The summed E-state index contributed by atoms with van der Waals surface area (Å²) in [6.07, 6.45) is 4.82. The van der Waals surface area contributed by atoms with E-state index in [0.717, 1.165) is 12.8 Å². The summed E-state index contributed by atoms with van der Waals surface area (Å²) in [6.45, 7) is 2.50. The van der Waals surface area contributed by atoms with Crippen LogP contribution in [0.5, 0.6) is 0 Å². The minimum atomic E-state index is -0.218. The molecule has 0 spiro atoms. The lowest BCUT2D eigenvalue weighted by atomic mass is 10.1. The van der Waals surface area contributed by atoms with Gasteiger partial charge in [0.2, 0.25) is 0 Å². The Balaban J connectivity index is 2.97. The highest BCUT2D eigenvalue weighted by molar-refractivity contribution is 4.51. The molecular formula is C8H18O. The summed E-state index contributed by atoms with van der Waals surface area (Å²) < 4.78 is 6.85. The standard InChI is InChI=1S/C8H18O/c1-3-5-6-7-8(9)4-2/h8-9H,3-7H2,1-2H3/i2D. The van der Waals surface area contributed by atoms with Gasteiger partial charge in [-0.2, -0.15) is 0 Å². The maximum absolute atomic E-state index is 9.16. The van der Waals surface area contributed by atoms with Crippen molar-refractivity contribution < 1.29 is 6.48 Å². The maximum atomic E-state index is 9.16. The van der Waals surface area contributed by atoms with Crippen LogP contribution in [0.3, 0.4) is 0 Å². The highest BCUT2D eigenvalue weighted by atomic mass is 16.3. The third kappa shape index (κ3) is 5.84. The number of hydrogen-bond acceptors (Lipinski definition) is 1. The van der Waals surface area contributed by atoms with E-state index in [9.17, 15) is 0 Å². The van der Waals surface area contributed by atoms with Crippen LogP contribution < -0.4 is 0 Å². The monoisotopic (exact) mass is 131 g/mol. The molecule has 0 aliphatic rings. The summed E-state index contributed by atoms with van der Waals surface area (Å²) in [6, 6.07) is 0. The lowest BCUT2D eigenvalue weighted by molar-refractivity contribution is 0.156. The molecule has 9 heavy (non-hydrogen) atoms. The topological polar surface area (TPSA) is 20.2 Å². The second-order valence-corrected chi connectivity index (χ2v) is 2.44. The number of aliphatic hydroxyl groups is 1. The number of rotatable bonds is 5. The predicted octanol–water partition coefficient (Wildman–Crippen LogP) is 2.34. The van der Waals surface area contributed by atoms with E-state index in [4.69, 9.17) is 6.48 Å². The first-order chi connectivity index (χ1) is 4.81. The van der Waals surface area contributed by atoms with Gasteiger partial charge in [0.15, 0.2) is 0 Å². The zero-order chi connectivity index (χ0) is 7.82. The summed E-state index contributed by atoms with van der Waals surface area (Å²) in [4.78, 5) is 0. The first kappa shape index (κ1) is 7.07. The van der Waals surface area contributed by atoms with Crippen LogP contribution in [-0.4, -0.2) is 11.2 Å². The lowest BCUT2D eigenvalue weighted by Gasteiger charge is -2.04. The van der Waals surface area contributed by atoms with Crippen molar-refractivity contribution >= 4 is 0 Å². The molecule has 0 fully saturated rings. The van der Waals surface area contributed by atoms with E-state index in [1.54, 1.807) is 0 Å². The van der Waals surface area contributed by atoms with Crippen LogP contribution in [0.15, 0.2) is 0 Å². The average Bonchev–Trinajstić information content (AvgIpc) is 1.89. The van der Waals surface area contributed by atoms with Gasteiger partial charge in [0.25, 0.3) is 0 Å². The minimum absolute atomic E-state index is 0.218. The molecule has 0 saturated heterocycles. The number of aliphatic hydroxyl groups excluding tert-OH is 1. The van der Waals surface area contributed by atoms with Gasteiger partial charge in [0.05, 0.1) is 6.10 Å². The third-order valence-corrected chi connectivity index (χ3v) is 1.47. The van der Waals surface area contributed by atoms with Gasteiger partial charge in [-0.05, 0) is 12.8 Å². The van der Waals surface area contributed by atoms with E-state index < -0.39 is 0 Å². The van der Waals surface area contributed by atoms with Crippen molar-refractivity contribution in [1.29, 1.82) is 0 Å². The first-order valence-corrected chi connectivity index (χ1v) is 3.78. The molecule has 0 bridgehead atoms. The Morgan fingerprint density at radius 1 is 1.56 bits per heavy atom. The van der Waals surface area contributed by atoms with Gasteiger partial charge in [0, 0.05) is 1.37 Å². The van der Waals surface area contributed by atoms with Crippen LogP contribution in [0.2, 0.25) is 0 Å². The van der Waals surface area contributed by atoms with Gasteiger partial charge in [0.1, 0.15) is 0 Å². The fourth-order valence-electron chi connectivity index (χ4n) is 0.774. The molecule has 56 valence electrons. The molecule has 1 heteroatoms. The SMILES string of the molecule is [2H]CCC(O)CCCCC. The average molecular weight is 131 g/mol. The van der Waals surface area contributed by atoms with Gasteiger partial charge < -0.3 is 5.11 Å². The molecule has 1 N–H and O–H groups in total. The summed E-state index contributed by atoms with van der Waals surface area (Å²) in [5.41, 5.74) is 0. The Hall–Kier alpha value is -0.0400. The Morgan fingerprint density at radius 3 is 2.89 bits per heavy atom. The van der Waals surface area contributed by atoms with E-state index in [1.807, 2.05) is 0 Å². The van der Waals surface area contributed by atoms with Crippen molar-refractivity contribution in [2.24, 2.45) is 0 Å². The molecule has 0 amide bonds. The van der Waals surface area contributed by atoms with Crippen molar-refractivity contribution in [2.45, 2.75) is 52.0 Å². The fraction of sp³-hybridized carbons (Fsp3) is 1.00. The van der Waals surface area contributed by atoms with E-state index >= 15 is 0 Å². The Labute approximate surface area is 59.5 Å². The van der Waals surface area contributed by atoms with Crippen LogP contribution in [0, 0.1) is 0 Å². The van der Waals surface area contributed by atoms with Gasteiger partial charge in [-0.3, -0.25) is 0 Å².